The predicted molar refractivity (Wildman–Crippen MR) is 189 cm³/mol. The summed E-state index contributed by atoms with van der Waals surface area (Å²) in [5.41, 5.74) is 7.45. The molecule has 0 amide bonds. The van der Waals surface area contributed by atoms with Crippen LogP contribution in [0.4, 0.5) is 0 Å². The number of carbonyl (C=O) groups is 2. The van der Waals surface area contributed by atoms with Gasteiger partial charge in [0.15, 0.2) is 0 Å². The van der Waals surface area contributed by atoms with Crippen molar-refractivity contribution in [1.29, 1.82) is 0 Å². The first-order valence-electron chi connectivity index (χ1n) is 19.1. The van der Waals surface area contributed by atoms with Crippen LogP contribution in [0.2, 0.25) is 0 Å². The van der Waals surface area contributed by atoms with Gasteiger partial charge in [0.05, 0.1) is 10.8 Å². The Kier molecular flexibility index (Phi) is 7.63. The Balaban J connectivity index is 1.37. The Labute approximate surface area is 283 Å². The minimum atomic E-state index is -0.676. The Morgan fingerprint density at radius 1 is 0.723 bits per heavy atom. The molecule has 4 heteroatoms. The largest absolute Gasteiger partial charge is 0.481 e. The second-order valence-electron chi connectivity index (χ2n) is 18.7. The molecule has 7 rings (SSSR count). The van der Waals surface area contributed by atoms with Crippen LogP contribution in [0.1, 0.15) is 154 Å². The molecule has 6 aliphatic carbocycles. The molecule has 6 aliphatic rings. The van der Waals surface area contributed by atoms with Gasteiger partial charge >= 0.3 is 11.9 Å². The van der Waals surface area contributed by atoms with Crippen molar-refractivity contribution < 1.29 is 19.8 Å². The number of carboxylic acids is 2. The standard InChI is InChI=1S/C43H60O4/c1-25(2)29-21-27-11-13-35-39(5,15-9-17-41(35,7)37(44)45)31(27)23-33(29)43(19-20-43)34-24-32-28(22-30(34)26(3)4)12-14-36-40(32,6)16-10-18-42(36,8)38(46)47/h21-27,31,35-36H,9-20H2,1-8H3,(H,44,45)(H,46,47). The maximum Gasteiger partial charge on any atom is 0.309 e. The Morgan fingerprint density at radius 2 is 1.36 bits per heavy atom. The lowest BCUT2D eigenvalue weighted by molar-refractivity contribution is -0.166. The summed E-state index contributed by atoms with van der Waals surface area (Å²) in [6.45, 7) is 18.3. The Hall–Kier alpha value is -2.36. The van der Waals surface area contributed by atoms with Gasteiger partial charge in [-0.3, -0.25) is 9.59 Å². The number of fused-ring (bicyclic) bond motifs is 6. The van der Waals surface area contributed by atoms with Gasteiger partial charge in [0.25, 0.3) is 0 Å². The van der Waals surface area contributed by atoms with E-state index in [-0.39, 0.29) is 28.1 Å². The fourth-order valence-electron chi connectivity index (χ4n) is 12.8. The number of aliphatic carboxylic acids is 2. The fraction of sp³-hybridized carbons (Fsp3) is 0.721. The van der Waals surface area contributed by atoms with Gasteiger partial charge in [0, 0.05) is 5.41 Å². The summed E-state index contributed by atoms with van der Waals surface area (Å²) < 4.78 is 0. The van der Waals surface area contributed by atoms with E-state index in [9.17, 15) is 19.8 Å². The molecule has 8 atom stereocenters. The third-order valence-corrected chi connectivity index (χ3v) is 15.6. The summed E-state index contributed by atoms with van der Waals surface area (Å²) in [4.78, 5) is 25.5. The summed E-state index contributed by atoms with van der Waals surface area (Å²) in [6.07, 6.45) is 17.4. The van der Waals surface area contributed by atoms with Crippen molar-refractivity contribution in [3.8, 4) is 0 Å². The summed E-state index contributed by atoms with van der Waals surface area (Å²) in [5.74, 6) is 0.806. The smallest absolute Gasteiger partial charge is 0.309 e. The lowest BCUT2D eigenvalue weighted by atomic mass is 9.45. The highest BCUT2D eigenvalue weighted by Gasteiger charge is 2.61. The highest BCUT2D eigenvalue weighted by Crippen LogP contribution is 2.67. The van der Waals surface area contributed by atoms with E-state index in [0.717, 1.165) is 77.0 Å². The molecule has 2 N–H and O–H groups in total. The van der Waals surface area contributed by atoms with Crippen LogP contribution in [0.15, 0.2) is 35.4 Å². The van der Waals surface area contributed by atoms with Crippen molar-refractivity contribution in [2.24, 2.45) is 45.8 Å². The lowest BCUT2D eigenvalue weighted by Gasteiger charge is -2.59. The predicted octanol–water partition coefficient (Wildman–Crippen LogP) is 10.4. The average molecular weight is 641 g/mol. The molecular formula is C43H60O4. The molecule has 4 nitrogen and oxygen atoms in total. The van der Waals surface area contributed by atoms with E-state index in [1.807, 2.05) is 13.8 Å². The quantitative estimate of drug-likeness (QED) is 0.324. The van der Waals surface area contributed by atoms with E-state index in [4.69, 9.17) is 0 Å². The maximum absolute atomic E-state index is 12.8. The van der Waals surface area contributed by atoms with Gasteiger partial charge in [-0.2, -0.15) is 0 Å². The first-order valence-corrected chi connectivity index (χ1v) is 19.1. The third-order valence-electron chi connectivity index (χ3n) is 15.6. The van der Waals surface area contributed by atoms with Gasteiger partial charge in [-0.1, -0.05) is 78.7 Å². The zero-order chi connectivity index (χ0) is 33.9. The summed E-state index contributed by atoms with van der Waals surface area (Å²) >= 11 is 0. The zero-order valence-electron chi connectivity index (χ0n) is 30.5. The highest BCUT2D eigenvalue weighted by molar-refractivity contribution is 5.76. The molecular weight excluding hydrogens is 580 g/mol. The highest BCUT2D eigenvalue weighted by atomic mass is 16.4. The number of rotatable bonds is 6. The van der Waals surface area contributed by atoms with Crippen LogP contribution in [0.3, 0.4) is 0 Å². The number of hydrogen-bond acceptors (Lipinski definition) is 2. The molecule has 256 valence electrons. The summed E-state index contributed by atoms with van der Waals surface area (Å²) in [5, 5.41) is 21.0. The maximum atomic E-state index is 12.8. The van der Waals surface area contributed by atoms with Gasteiger partial charge in [-0.05, 0) is 158 Å². The van der Waals surface area contributed by atoms with Crippen LogP contribution in [0.5, 0.6) is 0 Å². The van der Waals surface area contributed by atoms with Crippen LogP contribution in [0.25, 0.3) is 0 Å². The second-order valence-corrected chi connectivity index (χ2v) is 18.7. The van der Waals surface area contributed by atoms with Crippen molar-refractivity contribution in [2.45, 2.75) is 149 Å². The topological polar surface area (TPSA) is 74.6 Å². The fourth-order valence-corrected chi connectivity index (χ4v) is 12.8. The molecule has 0 radical (unpaired) electrons. The molecule has 1 aromatic carbocycles. The lowest BCUT2D eigenvalue weighted by Crippen LogP contribution is -2.55. The monoisotopic (exact) mass is 640 g/mol. The van der Waals surface area contributed by atoms with Crippen molar-refractivity contribution in [3.05, 3.63) is 57.7 Å². The van der Waals surface area contributed by atoms with Crippen LogP contribution in [-0.4, -0.2) is 22.2 Å². The van der Waals surface area contributed by atoms with E-state index in [1.54, 1.807) is 0 Å². The molecule has 8 unspecified atom stereocenters. The molecule has 1 aromatic rings. The molecule has 0 aromatic heterocycles. The zero-order valence-corrected chi connectivity index (χ0v) is 30.5. The van der Waals surface area contributed by atoms with E-state index < -0.39 is 22.8 Å². The number of hydrogen-bond donors (Lipinski definition) is 2. The van der Waals surface area contributed by atoms with E-state index in [0.29, 0.717) is 23.7 Å². The Bertz CT molecular complexity index is 1560. The van der Waals surface area contributed by atoms with E-state index in [2.05, 4.69) is 65.8 Å². The number of aryl methyl sites for hydroxylation is 1. The second kappa shape index (κ2) is 10.8. The van der Waals surface area contributed by atoms with E-state index in [1.165, 1.54) is 33.4 Å². The van der Waals surface area contributed by atoms with Crippen molar-refractivity contribution >= 4 is 11.9 Å². The summed E-state index contributed by atoms with van der Waals surface area (Å²) in [6, 6.07) is 5.15. The van der Waals surface area contributed by atoms with Gasteiger partial charge in [0.1, 0.15) is 0 Å². The number of benzene rings is 1. The first kappa shape index (κ1) is 33.2. The number of allylic oxidation sites excluding steroid dienone is 4. The van der Waals surface area contributed by atoms with Crippen LogP contribution in [0, 0.1) is 45.8 Å². The Morgan fingerprint density at radius 3 is 1.96 bits per heavy atom. The molecule has 0 saturated heterocycles. The van der Waals surface area contributed by atoms with Crippen LogP contribution < -0.4 is 0 Å². The molecule has 0 aliphatic heterocycles. The summed E-state index contributed by atoms with van der Waals surface area (Å²) in [7, 11) is 0. The molecule has 47 heavy (non-hydrogen) atoms. The minimum Gasteiger partial charge on any atom is -0.481 e. The van der Waals surface area contributed by atoms with Crippen LogP contribution >= 0.6 is 0 Å². The third kappa shape index (κ3) is 4.57. The molecule has 4 saturated carbocycles. The molecule has 4 fully saturated rings. The van der Waals surface area contributed by atoms with Crippen LogP contribution in [-0.2, 0) is 26.8 Å². The molecule has 0 bridgehead atoms. The number of carboxylic acid groups (broad SMARTS) is 2. The first-order chi connectivity index (χ1) is 22.0. The minimum absolute atomic E-state index is 0.0160. The molecule has 0 heterocycles. The SMILES string of the molecule is CC(C)C1=CC2CCC3C(C)(C(=O)O)CCCC3(C)C2C=C1C1(c2cc3c(cc2C(C)C)CCC2C(C)(C(=O)O)CCCC32C)CC1. The van der Waals surface area contributed by atoms with Crippen molar-refractivity contribution in [3.63, 3.8) is 0 Å². The van der Waals surface area contributed by atoms with Gasteiger partial charge in [-0.25, -0.2) is 0 Å². The van der Waals surface area contributed by atoms with Gasteiger partial charge in [-0.15, -0.1) is 0 Å². The van der Waals surface area contributed by atoms with Crippen molar-refractivity contribution in [1.82, 2.24) is 0 Å². The normalized spacial score (nSPS) is 40.4. The molecule has 0 spiro atoms. The van der Waals surface area contributed by atoms with Gasteiger partial charge < -0.3 is 10.2 Å². The van der Waals surface area contributed by atoms with Crippen molar-refractivity contribution in [2.75, 3.05) is 0 Å². The van der Waals surface area contributed by atoms with Gasteiger partial charge in [0.2, 0.25) is 0 Å². The average Bonchev–Trinajstić information content (AvgIpc) is 3.81. The van der Waals surface area contributed by atoms with E-state index >= 15 is 0 Å².